The molecule has 0 atom stereocenters. The van der Waals surface area contributed by atoms with Gasteiger partial charge in [0.1, 0.15) is 0 Å². The van der Waals surface area contributed by atoms with E-state index in [0.717, 1.165) is 0 Å². The highest BCUT2D eigenvalue weighted by atomic mass is 16.2. The highest BCUT2D eigenvalue weighted by molar-refractivity contribution is 5.97. The number of hydrogen-bond donors (Lipinski definition) is 0. The summed E-state index contributed by atoms with van der Waals surface area (Å²) in [5.74, 6) is -0.170. The molecule has 0 radical (unpaired) electrons. The fraction of sp³-hybridized carbons (Fsp3) is 0.471. The van der Waals surface area contributed by atoms with Crippen LogP contribution in [0.5, 0.6) is 0 Å². The Kier molecular flexibility index (Phi) is 6.76. The minimum Gasteiger partial charge on any atom is -0.343 e. The average Bonchev–Trinajstić information content (AvgIpc) is 2.48. The third-order valence-electron chi connectivity index (χ3n) is 3.61. The highest BCUT2D eigenvalue weighted by Crippen LogP contribution is 2.17. The van der Waals surface area contributed by atoms with Crippen LogP contribution in [0, 0.1) is 0 Å². The molecule has 0 saturated heterocycles. The standard InChI is InChI=1S/C17H24N2O3/c1-5-18(6-2)17(22)10-11-19(14(4)21)16-9-7-8-15(12-16)13(3)20/h7-9,12H,5-6,10-11H2,1-4H3. The Labute approximate surface area is 131 Å². The van der Waals surface area contributed by atoms with E-state index < -0.39 is 0 Å². The van der Waals surface area contributed by atoms with Crippen LogP contribution in [0.15, 0.2) is 24.3 Å². The molecule has 0 saturated carbocycles. The first-order valence-electron chi connectivity index (χ1n) is 7.57. The van der Waals surface area contributed by atoms with Gasteiger partial charge in [-0.2, -0.15) is 0 Å². The topological polar surface area (TPSA) is 57.7 Å². The Hall–Kier alpha value is -2.17. The maximum Gasteiger partial charge on any atom is 0.224 e. The molecule has 0 fully saturated rings. The summed E-state index contributed by atoms with van der Waals surface area (Å²) >= 11 is 0. The lowest BCUT2D eigenvalue weighted by Crippen LogP contribution is -2.36. The molecule has 1 aromatic carbocycles. The van der Waals surface area contributed by atoms with Gasteiger partial charge in [0, 0.05) is 44.2 Å². The smallest absolute Gasteiger partial charge is 0.224 e. The normalized spacial score (nSPS) is 10.2. The summed E-state index contributed by atoms with van der Waals surface area (Å²) in [5.41, 5.74) is 1.20. The molecule has 0 aliphatic carbocycles. The molecule has 1 rings (SSSR count). The van der Waals surface area contributed by atoms with Crippen molar-refractivity contribution in [3.8, 4) is 0 Å². The highest BCUT2D eigenvalue weighted by Gasteiger charge is 2.16. The Balaban J connectivity index is 2.87. The predicted molar refractivity (Wildman–Crippen MR) is 87.0 cm³/mol. The maximum absolute atomic E-state index is 12.1. The zero-order chi connectivity index (χ0) is 16.7. The summed E-state index contributed by atoms with van der Waals surface area (Å²) in [6.07, 6.45) is 0.269. The predicted octanol–water partition coefficient (Wildman–Crippen LogP) is 2.50. The van der Waals surface area contributed by atoms with Crippen molar-refractivity contribution in [2.75, 3.05) is 24.5 Å². The minimum absolute atomic E-state index is 0.0268. The maximum atomic E-state index is 12.1. The second-order valence-corrected chi connectivity index (χ2v) is 5.09. The van der Waals surface area contributed by atoms with Crippen molar-refractivity contribution < 1.29 is 14.4 Å². The van der Waals surface area contributed by atoms with Gasteiger partial charge in [0.2, 0.25) is 11.8 Å². The van der Waals surface area contributed by atoms with Gasteiger partial charge < -0.3 is 9.80 Å². The molecule has 5 heteroatoms. The second kappa shape index (κ2) is 8.32. The van der Waals surface area contributed by atoms with Crippen LogP contribution in [0.1, 0.15) is 44.5 Å². The van der Waals surface area contributed by atoms with E-state index in [-0.39, 0.29) is 24.0 Å². The van der Waals surface area contributed by atoms with Crippen molar-refractivity contribution in [2.45, 2.75) is 34.1 Å². The van der Waals surface area contributed by atoms with E-state index in [1.54, 1.807) is 29.2 Å². The first-order valence-corrected chi connectivity index (χ1v) is 7.57. The molecule has 5 nitrogen and oxygen atoms in total. The summed E-state index contributed by atoms with van der Waals surface area (Å²) in [4.78, 5) is 38.7. The molecule has 120 valence electrons. The minimum atomic E-state index is -0.145. The summed E-state index contributed by atoms with van der Waals surface area (Å²) < 4.78 is 0. The zero-order valence-corrected chi connectivity index (χ0v) is 13.8. The number of rotatable bonds is 7. The van der Waals surface area contributed by atoms with Gasteiger partial charge in [0.05, 0.1) is 0 Å². The zero-order valence-electron chi connectivity index (χ0n) is 13.8. The van der Waals surface area contributed by atoms with E-state index in [2.05, 4.69) is 0 Å². The van der Waals surface area contributed by atoms with Crippen LogP contribution in [-0.2, 0) is 9.59 Å². The van der Waals surface area contributed by atoms with Crippen LogP contribution in [-0.4, -0.2) is 42.1 Å². The van der Waals surface area contributed by atoms with Gasteiger partial charge in [-0.3, -0.25) is 14.4 Å². The van der Waals surface area contributed by atoms with Crippen molar-refractivity contribution in [3.05, 3.63) is 29.8 Å². The van der Waals surface area contributed by atoms with Gasteiger partial charge >= 0.3 is 0 Å². The molecule has 0 aromatic heterocycles. The van der Waals surface area contributed by atoms with Crippen LogP contribution < -0.4 is 4.90 Å². The molecule has 22 heavy (non-hydrogen) atoms. The van der Waals surface area contributed by atoms with E-state index >= 15 is 0 Å². The van der Waals surface area contributed by atoms with Crippen molar-refractivity contribution in [2.24, 2.45) is 0 Å². The number of ketones is 1. The number of anilines is 1. The molecule has 1 aromatic rings. The van der Waals surface area contributed by atoms with Crippen LogP contribution in [0.2, 0.25) is 0 Å². The fourth-order valence-electron chi connectivity index (χ4n) is 2.30. The largest absolute Gasteiger partial charge is 0.343 e. The SMILES string of the molecule is CCN(CC)C(=O)CCN(C(C)=O)c1cccc(C(C)=O)c1. The number of carbonyl (C=O) groups is 3. The second-order valence-electron chi connectivity index (χ2n) is 5.09. The lowest BCUT2D eigenvalue weighted by molar-refractivity contribution is -0.130. The number of Topliss-reactive ketones (excluding diaryl/α,β-unsaturated/α-hetero) is 1. The summed E-state index contributed by atoms with van der Waals surface area (Å²) in [6, 6.07) is 6.92. The molecule has 0 heterocycles. The van der Waals surface area contributed by atoms with Gasteiger partial charge in [-0.25, -0.2) is 0 Å². The Morgan fingerprint density at radius 1 is 1.05 bits per heavy atom. The molecule has 2 amide bonds. The number of nitrogens with zero attached hydrogens (tertiary/aromatic N) is 2. The fourth-order valence-corrected chi connectivity index (χ4v) is 2.30. The van der Waals surface area contributed by atoms with Crippen molar-refractivity contribution in [1.82, 2.24) is 4.90 Å². The van der Waals surface area contributed by atoms with E-state index in [1.807, 2.05) is 13.8 Å². The Morgan fingerprint density at radius 3 is 2.18 bits per heavy atom. The van der Waals surface area contributed by atoms with Crippen molar-refractivity contribution in [3.63, 3.8) is 0 Å². The van der Waals surface area contributed by atoms with E-state index in [0.29, 0.717) is 30.9 Å². The number of hydrogen-bond acceptors (Lipinski definition) is 3. The van der Waals surface area contributed by atoms with E-state index in [4.69, 9.17) is 0 Å². The first kappa shape index (κ1) is 17.9. The lowest BCUT2D eigenvalue weighted by Gasteiger charge is -2.24. The monoisotopic (exact) mass is 304 g/mol. The molecule has 0 bridgehead atoms. The third kappa shape index (κ3) is 4.69. The van der Waals surface area contributed by atoms with Crippen LogP contribution >= 0.6 is 0 Å². The Morgan fingerprint density at radius 2 is 1.68 bits per heavy atom. The molecular weight excluding hydrogens is 280 g/mol. The summed E-state index contributed by atoms with van der Waals surface area (Å²) in [6.45, 7) is 8.45. The van der Waals surface area contributed by atoms with E-state index in [9.17, 15) is 14.4 Å². The van der Waals surface area contributed by atoms with Gasteiger partial charge in [0.15, 0.2) is 5.78 Å². The summed E-state index contributed by atoms with van der Waals surface area (Å²) in [7, 11) is 0. The van der Waals surface area contributed by atoms with Crippen molar-refractivity contribution in [1.29, 1.82) is 0 Å². The lowest BCUT2D eigenvalue weighted by atomic mass is 10.1. The number of benzene rings is 1. The van der Waals surface area contributed by atoms with Gasteiger partial charge in [-0.1, -0.05) is 12.1 Å². The van der Waals surface area contributed by atoms with Crippen molar-refractivity contribution >= 4 is 23.3 Å². The molecular formula is C17H24N2O3. The Bertz CT molecular complexity index is 551. The molecule has 0 aliphatic rings. The third-order valence-corrected chi connectivity index (χ3v) is 3.61. The van der Waals surface area contributed by atoms with Gasteiger partial charge in [-0.05, 0) is 32.9 Å². The van der Waals surface area contributed by atoms with Crippen LogP contribution in [0.4, 0.5) is 5.69 Å². The quantitative estimate of drug-likeness (QED) is 0.727. The number of amides is 2. The molecule has 0 aliphatic heterocycles. The molecule has 0 unspecified atom stereocenters. The van der Waals surface area contributed by atoms with E-state index in [1.165, 1.54) is 18.7 Å². The average molecular weight is 304 g/mol. The summed E-state index contributed by atoms with van der Waals surface area (Å²) in [5, 5.41) is 0. The van der Waals surface area contributed by atoms with Gasteiger partial charge in [-0.15, -0.1) is 0 Å². The number of carbonyl (C=O) groups excluding carboxylic acids is 3. The van der Waals surface area contributed by atoms with Gasteiger partial charge in [0.25, 0.3) is 0 Å². The molecule has 0 N–H and O–H groups in total. The van der Waals surface area contributed by atoms with Crippen LogP contribution in [0.3, 0.4) is 0 Å². The first-order chi connectivity index (χ1) is 10.4. The molecule has 0 spiro atoms. The van der Waals surface area contributed by atoms with Crippen LogP contribution in [0.25, 0.3) is 0 Å².